The van der Waals surface area contributed by atoms with Crippen LogP contribution in [0.2, 0.25) is 0 Å². The lowest BCUT2D eigenvalue weighted by molar-refractivity contribution is -0.122. The fourth-order valence-electron chi connectivity index (χ4n) is 2.46. The molecule has 2 amide bonds. The summed E-state index contributed by atoms with van der Waals surface area (Å²) in [6.45, 7) is 1.80. The topological polar surface area (TPSA) is 89.9 Å². The smallest absolute Gasteiger partial charge is 0.270 e. The van der Waals surface area contributed by atoms with Gasteiger partial charge in [0.25, 0.3) is 11.8 Å². The van der Waals surface area contributed by atoms with Crippen LogP contribution in [0, 0.1) is 6.92 Å². The number of hydrogen-bond donors (Lipinski definition) is 3. The molecule has 7 heteroatoms. The van der Waals surface area contributed by atoms with Gasteiger partial charge in [-0.3, -0.25) is 14.9 Å². The Labute approximate surface area is 149 Å². The number of para-hydroxylation sites is 1. The molecule has 6 nitrogen and oxygen atoms in total. The van der Waals surface area contributed by atoms with Crippen molar-refractivity contribution in [2.75, 3.05) is 4.90 Å². The third-order valence-electron chi connectivity index (χ3n) is 3.71. The number of phenols is 2. The molecule has 2 aromatic carbocycles. The molecule has 0 aromatic heterocycles. The van der Waals surface area contributed by atoms with E-state index in [0.29, 0.717) is 5.56 Å². The van der Waals surface area contributed by atoms with E-state index in [9.17, 15) is 19.8 Å². The largest absolute Gasteiger partial charge is 0.507 e. The number of amides is 2. The molecule has 0 spiro atoms. The van der Waals surface area contributed by atoms with Crippen molar-refractivity contribution in [1.82, 2.24) is 5.32 Å². The second kappa shape index (κ2) is 6.37. The molecule has 0 bridgehead atoms. The lowest BCUT2D eigenvalue weighted by atomic mass is 10.1. The Balaban J connectivity index is 2.07. The highest BCUT2D eigenvalue weighted by atomic mass is 32.1. The third-order valence-corrected chi connectivity index (χ3v) is 3.99. The normalized spacial score (nSPS) is 16.3. The third kappa shape index (κ3) is 3.09. The molecule has 1 fully saturated rings. The van der Waals surface area contributed by atoms with E-state index in [0.717, 1.165) is 10.5 Å². The first-order valence-corrected chi connectivity index (χ1v) is 7.78. The summed E-state index contributed by atoms with van der Waals surface area (Å²) in [5, 5.41) is 22.3. The molecule has 1 aliphatic rings. The molecule has 3 rings (SSSR count). The number of rotatable bonds is 2. The van der Waals surface area contributed by atoms with Crippen LogP contribution in [0.15, 0.2) is 48.0 Å². The number of nitrogens with zero attached hydrogens (tertiary/aromatic N) is 1. The van der Waals surface area contributed by atoms with E-state index in [1.807, 2.05) is 0 Å². The molecule has 1 heterocycles. The van der Waals surface area contributed by atoms with Crippen LogP contribution in [-0.2, 0) is 9.59 Å². The minimum absolute atomic E-state index is 0.0616. The maximum Gasteiger partial charge on any atom is 0.270 e. The van der Waals surface area contributed by atoms with Crippen molar-refractivity contribution in [3.63, 3.8) is 0 Å². The second-order valence-corrected chi connectivity index (χ2v) is 5.90. The van der Waals surface area contributed by atoms with E-state index in [4.69, 9.17) is 12.2 Å². The quantitative estimate of drug-likeness (QED) is 0.437. The molecule has 3 N–H and O–H groups in total. The van der Waals surface area contributed by atoms with Gasteiger partial charge in [-0.05, 0) is 49.0 Å². The van der Waals surface area contributed by atoms with Gasteiger partial charge in [0.1, 0.15) is 17.1 Å². The Morgan fingerprint density at radius 1 is 1.08 bits per heavy atom. The maximum absolute atomic E-state index is 12.8. The highest BCUT2D eigenvalue weighted by molar-refractivity contribution is 7.80. The summed E-state index contributed by atoms with van der Waals surface area (Å²) >= 11 is 5.08. The van der Waals surface area contributed by atoms with E-state index in [-0.39, 0.29) is 27.9 Å². The molecule has 0 atom stereocenters. The van der Waals surface area contributed by atoms with Gasteiger partial charge in [0.2, 0.25) is 0 Å². The van der Waals surface area contributed by atoms with Crippen LogP contribution in [0.5, 0.6) is 11.5 Å². The van der Waals surface area contributed by atoms with E-state index in [1.54, 1.807) is 37.3 Å². The number of carbonyl (C=O) groups is 2. The summed E-state index contributed by atoms with van der Waals surface area (Å²) in [7, 11) is 0. The number of carbonyl (C=O) groups excluding carboxylic acids is 2. The summed E-state index contributed by atoms with van der Waals surface area (Å²) in [6.07, 6.45) is 1.28. The van der Waals surface area contributed by atoms with Crippen LogP contribution in [0.3, 0.4) is 0 Å². The Morgan fingerprint density at radius 3 is 2.48 bits per heavy atom. The summed E-state index contributed by atoms with van der Waals surface area (Å²) in [4.78, 5) is 26.1. The lowest BCUT2D eigenvalue weighted by Crippen LogP contribution is -2.54. The van der Waals surface area contributed by atoms with Gasteiger partial charge in [0.05, 0.1) is 5.69 Å². The highest BCUT2D eigenvalue weighted by Crippen LogP contribution is 2.31. The molecule has 126 valence electrons. The van der Waals surface area contributed by atoms with Gasteiger partial charge < -0.3 is 10.2 Å². The first-order chi connectivity index (χ1) is 11.9. The van der Waals surface area contributed by atoms with E-state index in [1.165, 1.54) is 18.2 Å². The average molecular weight is 354 g/mol. The van der Waals surface area contributed by atoms with Gasteiger partial charge in [-0.2, -0.15) is 0 Å². The first-order valence-electron chi connectivity index (χ1n) is 7.37. The predicted octanol–water partition coefficient (Wildman–Crippen LogP) is 2.24. The van der Waals surface area contributed by atoms with Crippen molar-refractivity contribution in [2.24, 2.45) is 0 Å². The fourth-order valence-corrected chi connectivity index (χ4v) is 2.74. The molecule has 0 radical (unpaired) electrons. The molecule has 1 saturated heterocycles. The zero-order valence-corrected chi connectivity index (χ0v) is 14.0. The molecule has 25 heavy (non-hydrogen) atoms. The van der Waals surface area contributed by atoms with Gasteiger partial charge >= 0.3 is 0 Å². The number of phenolic OH excluding ortho intramolecular Hbond substituents is 2. The zero-order chi connectivity index (χ0) is 18.1. The second-order valence-electron chi connectivity index (χ2n) is 5.51. The van der Waals surface area contributed by atoms with E-state index >= 15 is 0 Å². The van der Waals surface area contributed by atoms with Crippen LogP contribution in [0.4, 0.5) is 5.69 Å². The average Bonchev–Trinajstić information content (AvgIpc) is 2.55. The molecular weight excluding hydrogens is 340 g/mol. The standard InChI is InChI=1S/C18H14N2O4S/c1-10-6-7-13(15(22)8-10)20-17(24)12(16(23)19-18(20)25)9-11-4-2-3-5-14(11)21/h2-9,21-22H,1H3,(H,19,23,25)/b12-9+. The van der Waals surface area contributed by atoms with Crippen molar-refractivity contribution in [1.29, 1.82) is 0 Å². The molecular formula is C18H14N2O4S. The van der Waals surface area contributed by atoms with Gasteiger partial charge in [-0.1, -0.05) is 24.3 Å². The lowest BCUT2D eigenvalue weighted by Gasteiger charge is -2.29. The number of aromatic hydroxyl groups is 2. The van der Waals surface area contributed by atoms with Crippen LogP contribution in [0.25, 0.3) is 6.08 Å². The van der Waals surface area contributed by atoms with Crippen molar-refractivity contribution in [3.8, 4) is 11.5 Å². The SMILES string of the molecule is Cc1ccc(N2C(=O)/C(=C/c3ccccc3O)C(=O)NC2=S)c(O)c1. The molecule has 2 aromatic rings. The van der Waals surface area contributed by atoms with Gasteiger partial charge in [0, 0.05) is 5.56 Å². The molecule has 1 aliphatic heterocycles. The Morgan fingerprint density at radius 2 is 1.80 bits per heavy atom. The van der Waals surface area contributed by atoms with Crippen molar-refractivity contribution >= 4 is 40.9 Å². The number of hydrogen-bond acceptors (Lipinski definition) is 5. The van der Waals surface area contributed by atoms with Crippen molar-refractivity contribution in [2.45, 2.75) is 6.92 Å². The van der Waals surface area contributed by atoms with Crippen LogP contribution < -0.4 is 10.2 Å². The van der Waals surface area contributed by atoms with E-state index < -0.39 is 11.8 Å². The molecule has 0 unspecified atom stereocenters. The minimum atomic E-state index is -0.684. The number of aryl methyl sites for hydroxylation is 1. The van der Waals surface area contributed by atoms with Crippen LogP contribution >= 0.6 is 12.2 Å². The number of benzene rings is 2. The van der Waals surface area contributed by atoms with Gasteiger partial charge in [-0.25, -0.2) is 4.90 Å². The van der Waals surface area contributed by atoms with Crippen molar-refractivity contribution in [3.05, 3.63) is 59.2 Å². The van der Waals surface area contributed by atoms with Crippen molar-refractivity contribution < 1.29 is 19.8 Å². The predicted molar refractivity (Wildman–Crippen MR) is 97.2 cm³/mol. The highest BCUT2D eigenvalue weighted by Gasteiger charge is 2.35. The number of nitrogens with one attached hydrogen (secondary N) is 1. The summed E-state index contributed by atoms with van der Waals surface area (Å²) in [5.41, 5.74) is 1.10. The zero-order valence-electron chi connectivity index (χ0n) is 13.2. The monoisotopic (exact) mass is 354 g/mol. The minimum Gasteiger partial charge on any atom is -0.507 e. The summed E-state index contributed by atoms with van der Waals surface area (Å²) in [6, 6.07) is 11.1. The van der Waals surface area contributed by atoms with Crippen LogP contribution in [0.1, 0.15) is 11.1 Å². The van der Waals surface area contributed by atoms with Crippen LogP contribution in [-0.4, -0.2) is 27.1 Å². The first kappa shape index (κ1) is 16.7. The summed E-state index contributed by atoms with van der Waals surface area (Å²) < 4.78 is 0. The van der Waals surface area contributed by atoms with Gasteiger partial charge in [-0.15, -0.1) is 0 Å². The summed E-state index contributed by atoms with van der Waals surface area (Å²) in [5.74, 6) is -1.54. The Kier molecular flexibility index (Phi) is 4.24. The number of anilines is 1. The molecule has 0 saturated carbocycles. The fraction of sp³-hybridized carbons (Fsp3) is 0.0556. The molecule has 0 aliphatic carbocycles. The van der Waals surface area contributed by atoms with E-state index in [2.05, 4.69) is 5.32 Å². The number of thiocarbonyl (C=S) groups is 1. The maximum atomic E-state index is 12.8. The Hall–Kier alpha value is -3.19. The Bertz CT molecular complexity index is 936. The van der Waals surface area contributed by atoms with Gasteiger partial charge in [0.15, 0.2) is 5.11 Å².